The molecule has 1 atom stereocenters. The van der Waals surface area contributed by atoms with Crippen molar-refractivity contribution in [1.82, 2.24) is 20.2 Å². The lowest BCUT2D eigenvalue weighted by Gasteiger charge is -2.22. The van der Waals surface area contributed by atoms with Crippen molar-refractivity contribution in [3.63, 3.8) is 0 Å². The number of rotatable bonds is 2. The molecular weight excluding hydrogens is 289 g/mol. The molecule has 0 bridgehead atoms. The number of halogens is 1. The molecule has 1 unspecified atom stereocenters. The van der Waals surface area contributed by atoms with Crippen LogP contribution in [0.15, 0.2) is 47.9 Å². The van der Waals surface area contributed by atoms with Crippen LogP contribution in [0, 0.1) is 5.82 Å². The third-order valence-corrected chi connectivity index (χ3v) is 4.21. The van der Waals surface area contributed by atoms with Gasteiger partial charge in [0.25, 0.3) is 0 Å². The van der Waals surface area contributed by atoms with E-state index in [1.807, 2.05) is 29.7 Å². The van der Waals surface area contributed by atoms with Crippen molar-refractivity contribution in [2.24, 2.45) is 0 Å². The number of thiophene rings is 1. The number of fused-ring (bicyclic) bond motifs is 1. The Morgan fingerprint density at radius 3 is 3.00 bits per heavy atom. The Morgan fingerprint density at radius 2 is 2.19 bits per heavy atom. The lowest BCUT2D eigenvalue weighted by Crippen LogP contribution is -2.20. The predicted octanol–water partition coefficient (Wildman–Crippen LogP) is 2.93. The Hall–Kier alpha value is -2.54. The summed E-state index contributed by atoms with van der Waals surface area (Å²) in [7, 11) is 0. The molecule has 21 heavy (non-hydrogen) atoms. The van der Waals surface area contributed by atoms with Crippen molar-refractivity contribution in [2.45, 2.75) is 6.04 Å². The molecule has 0 spiro atoms. The van der Waals surface area contributed by atoms with Gasteiger partial charge >= 0.3 is 0 Å². The molecule has 0 amide bonds. The highest BCUT2D eigenvalue weighted by atomic mass is 32.1. The van der Waals surface area contributed by atoms with Gasteiger partial charge in [0.2, 0.25) is 5.95 Å². The molecule has 0 radical (unpaired) electrons. The molecule has 104 valence electrons. The van der Waals surface area contributed by atoms with Crippen LogP contribution in [-0.2, 0) is 0 Å². The number of nitrogens with zero attached hydrogens (tertiary/aromatic N) is 4. The summed E-state index contributed by atoms with van der Waals surface area (Å²) < 4.78 is 15.1. The Labute approximate surface area is 123 Å². The molecule has 1 N–H and O–H groups in total. The topological polar surface area (TPSA) is 55.6 Å². The van der Waals surface area contributed by atoms with Gasteiger partial charge in [-0.1, -0.05) is 23.3 Å². The van der Waals surface area contributed by atoms with Crippen LogP contribution in [0.4, 0.5) is 10.3 Å². The summed E-state index contributed by atoms with van der Waals surface area (Å²) in [6, 6.07) is 10.3. The van der Waals surface area contributed by atoms with Crippen LogP contribution < -0.4 is 5.32 Å². The Bertz CT molecular complexity index is 808. The molecule has 7 heteroatoms. The van der Waals surface area contributed by atoms with E-state index in [0.717, 1.165) is 16.1 Å². The number of anilines is 1. The minimum Gasteiger partial charge on any atom is -0.322 e. The van der Waals surface area contributed by atoms with E-state index in [-0.39, 0.29) is 11.9 Å². The van der Waals surface area contributed by atoms with Crippen molar-refractivity contribution in [2.75, 3.05) is 5.32 Å². The molecule has 2 aromatic heterocycles. The summed E-state index contributed by atoms with van der Waals surface area (Å²) >= 11 is 1.62. The monoisotopic (exact) mass is 299 g/mol. The maximum Gasteiger partial charge on any atom is 0.248 e. The summed E-state index contributed by atoms with van der Waals surface area (Å²) in [5.74, 6) is 0.280. The number of hydrogen-bond donors (Lipinski definition) is 1. The quantitative estimate of drug-likeness (QED) is 0.790. The van der Waals surface area contributed by atoms with Crippen molar-refractivity contribution < 1.29 is 4.39 Å². The minimum absolute atomic E-state index is 0.232. The molecule has 1 aliphatic heterocycles. The van der Waals surface area contributed by atoms with Crippen LogP contribution in [0.25, 0.3) is 5.70 Å². The average molecular weight is 299 g/mol. The number of benzene rings is 1. The van der Waals surface area contributed by atoms with Gasteiger partial charge in [0.15, 0.2) is 0 Å². The number of tetrazole rings is 1. The zero-order chi connectivity index (χ0) is 14.2. The molecule has 5 nitrogen and oxygen atoms in total. The van der Waals surface area contributed by atoms with Crippen LogP contribution in [0.2, 0.25) is 0 Å². The zero-order valence-electron chi connectivity index (χ0n) is 10.8. The first kappa shape index (κ1) is 12.2. The van der Waals surface area contributed by atoms with Crippen LogP contribution in [0.5, 0.6) is 0 Å². The third kappa shape index (κ3) is 2.11. The Kier molecular flexibility index (Phi) is 2.78. The number of hydrogen-bond acceptors (Lipinski definition) is 5. The van der Waals surface area contributed by atoms with E-state index >= 15 is 0 Å². The molecule has 0 aliphatic carbocycles. The summed E-state index contributed by atoms with van der Waals surface area (Å²) in [6.45, 7) is 0. The first-order chi connectivity index (χ1) is 10.3. The lowest BCUT2D eigenvalue weighted by atomic mass is 10.0. The predicted molar refractivity (Wildman–Crippen MR) is 78.3 cm³/mol. The third-order valence-electron chi connectivity index (χ3n) is 3.30. The van der Waals surface area contributed by atoms with E-state index < -0.39 is 0 Å². The second kappa shape index (κ2) is 4.78. The Balaban J connectivity index is 1.84. The van der Waals surface area contributed by atoms with Crippen LogP contribution in [0.3, 0.4) is 0 Å². The van der Waals surface area contributed by atoms with Crippen molar-refractivity contribution in [3.8, 4) is 0 Å². The smallest absolute Gasteiger partial charge is 0.248 e. The highest BCUT2D eigenvalue weighted by molar-refractivity contribution is 7.11. The lowest BCUT2D eigenvalue weighted by molar-refractivity contribution is 0.576. The second-order valence-corrected chi connectivity index (χ2v) is 5.58. The van der Waals surface area contributed by atoms with E-state index in [2.05, 4.69) is 20.8 Å². The van der Waals surface area contributed by atoms with Gasteiger partial charge in [-0.2, -0.15) is 4.68 Å². The van der Waals surface area contributed by atoms with Gasteiger partial charge in [-0.3, -0.25) is 0 Å². The molecule has 0 fully saturated rings. The van der Waals surface area contributed by atoms with Crippen molar-refractivity contribution >= 4 is 23.0 Å². The summed E-state index contributed by atoms with van der Waals surface area (Å²) in [4.78, 5) is 1.09. The SMILES string of the molecule is Fc1cccc(C2C=C(c3cccs3)Nc3nnnn32)c1. The van der Waals surface area contributed by atoms with Crippen molar-refractivity contribution in [3.05, 3.63) is 64.1 Å². The standard InChI is InChI=1S/C14H10FN5S/c15-10-4-1-3-9(7-10)12-8-11(13-5-2-6-21-13)16-14-17-18-19-20(12)14/h1-8,12H,(H,16,17,19). The van der Waals surface area contributed by atoms with Gasteiger partial charge in [-0.15, -0.1) is 11.3 Å². The molecule has 4 rings (SSSR count). The number of aromatic nitrogens is 4. The van der Waals surface area contributed by atoms with E-state index in [1.54, 1.807) is 22.1 Å². The fourth-order valence-electron chi connectivity index (χ4n) is 2.36. The molecule has 0 saturated heterocycles. The van der Waals surface area contributed by atoms with Crippen LogP contribution >= 0.6 is 11.3 Å². The van der Waals surface area contributed by atoms with Gasteiger partial charge < -0.3 is 5.32 Å². The average Bonchev–Trinajstić information content (AvgIpc) is 3.17. The normalized spacial score (nSPS) is 17.0. The molecule has 1 aromatic carbocycles. The first-order valence-electron chi connectivity index (χ1n) is 6.37. The maximum absolute atomic E-state index is 13.5. The molecule has 3 heterocycles. The fraction of sp³-hybridized carbons (Fsp3) is 0.0714. The maximum atomic E-state index is 13.5. The van der Waals surface area contributed by atoms with Gasteiger partial charge in [-0.05, 0) is 45.6 Å². The molecule has 1 aliphatic rings. The number of nitrogens with one attached hydrogen (secondary N) is 1. The van der Waals surface area contributed by atoms with E-state index in [1.165, 1.54) is 12.1 Å². The number of allylic oxidation sites excluding steroid dienone is 1. The van der Waals surface area contributed by atoms with Crippen LogP contribution in [0.1, 0.15) is 16.5 Å². The molecule has 3 aromatic rings. The van der Waals surface area contributed by atoms with Crippen LogP contribution in [-0.4, -0.2) is 20.2 Å². The summed E-state index contributed by atoms with van der Waals surface area (Å²) in [5, 5.41) is 16.9. The van der Waals surface area contributed by atoms with E-state index in [4.69, 9.17) is 0 Å². The van der Waals surface area contributed by atoms with Crippen molar-refractivity contribution in [1.29, 1.82) is 0 Å². The largest absolute Gasteiger partial charge is 0.322 e. The highest BCUT2D eigenvalue weighted by Crippen LogP contribution is 2.32. The summed E-state index contributed by atoms with van der Waals surface area (Å²) in [5.41, 5.74) is 1.74. The zero-order valence-corrected chi connectivity index (χ0v) is 11.6. The second-order valence-electron chi connectivity index (χ2n) is 4.63. The van der Waals surface area contributed by atoms with Gasteiger partial charge in [-0.25, -0.2) is 4.39 Å². The van der Waals surface area contributed by atoms with Gasteiger partial charge in [0.05, 0.1) is 10.6 Å². The van der Waals surface area contributed by atoms with E-state index in [9.17, 15) is 4.39 Å². The first-order valence-corrected chi connectivity index (χ1v) is 7.25. The molecular formula is C14H10FN5S. The van der Waals surface area contributed by atoms with E-state index in [0.29, 0.717) is 5.95 Å². The van der Waals surface area contributed by atoms with Gasteiger partial charge in [0.1, 0.15) is 11.9 Å². The minimum atomic E-state index is -0.272. The molecule has 0 saturated carbocycles. The Morgan fingerprint density at radius 1 is 1.24 bits per heavy atom. The van der Waals surface area contributed by atoms with Gasteiger partial charge in [0, 0.05) is 0 Å². The fourth-order valence-corrected chi connectivity index (χ4v) is 3.06. The highest BCUT2D eigenvalue weighted by Gasteiger charge is 2.24. The summed E-state index contributed by atoms with van der Waals surface area (Å²) in [6.07, 6.45) is 2.00.